The Labute approximate surface area is 120 Å². The first-order chi connectivity index (χ1) is 8.33. The van der Waals surface area contributed by atoms with E-state index in [2.05, 4.69) is 10.6 Å². The number of rotatable bonds is 3. The van der Waals surface area contributed by atoms with Crippen molar-refractivity contribution in [3.05, 3.63) is 0 Å². The van der Waals surface area contributed by atoms with Crippen molar-refractivity contribution in [2.75, 3.05) is 19.7 Å². The van der Waals surface area contributed by atoms with E-state index in [0.29, 0.717) is 19.7 Å². The second kappa shape index (κ2) is 7.55. The Morgan fingerprint density at radius 2 is 1.95 bits per heavy atom. The molecule has 1 saturated heterocycles. The van der Waals surface area contributed by atoms with Crippen molar-refractivity contribution in [3.8, 4) is 0 Å². The second-order valence-electron chi connectivity index (χ2n) is 5.27. The van der Waals surface area contributed by atoms with Crippen LogP contribution < -0.4 is 10.6 Å². The molecule has 1 amide bonds. The van der Waals surface area contributed by atoms with Crippen LogP contribution in [0.2, 0.25) is 0 Å². The van der Waals surface area contributed by atoms with Gasteiger partial charge in [0.25, 0.3) is 0 Å². The summed E-state index contributed by atoms with van der Waals surface area (Å²) < 4.78 is 10.1. The first-order valence-electron chi connectivity index (χ1n) is 6.20. The SMILES string of the molecule is CCOC(=O)[C@H]1CNC[C@@H]1NC(=O)OC(C)(C)C.Cl. The van der Waals surface area contributed by atoms with Gasteiger partial charge in [0.15, 0.2) is 0 Å². The minimum atomic E-state index is -0.546. The van der Waals surface area contributed by atoms with Crippen LogP contribution >= 0.6 is 12.4 Å². The fourth-order valence-corrected chi connectivity index (χ4v) is 1.79. The lowest BCUT2D eigenvalue weighted by atomic mass is 10.0. The number of amides is 1. The zero-order valence-corrected chi connectivity index (χ0v) is 12.6. The van der Waals surface area contributed by atoms with Gasteiger partial charge in [-0.15, -0.1) is 12.4 Å². The smallest absolute Gasteiger partial charge is 0.407 e. The van der Waals surface area contributed by atoms with E-state index in [1.807, 2.05) is 0 Å². The van der Waals surface area contributed by atoms with Gasteiger partial charge in [0.2, 0.25) is 0 Å². The van der Waals surface area contributed by atoms with Crippen LogP contribution in [0.25, 0.3) is 0 Å². The highest BCUT2D eigenvalue weighted by molar-refractivity contribution is 5.85. The monoisotopic (exact) mass is 294 g/mol. The van der Waals surface area contributed by atoms with Crippen LogP contribution in [0, 0.1) is 5.92 Å². The second-order valence-corrected chi connectivity index (χ2v) is 5.27. The third-order valence-corrected chi connectivity index (χ3v) is 2.51. The van der Waals surface area contributed by atoms with Gasteiger partial charge in [-0.2, -0.15) is 0 Å². The van der Waals surface area contributed by atoms with E-state index in [1.165, 1.54) is 0 Å². The molecule has 0 aliphatic carbocycles. The van der Waals surface area contributed by atoms with Crippen molar-refractivity contribution in [1.82, 2.24) is 10.6 Å². The summed E-state index contributed by atoms with van der Waals surface area (Å²) in [7, 11) is 0. The minimum absolute atomic E-state index is 0. The molecule has 0 spiro atoms. The largest absolute Gasteiger partial charge is 0.466 e. The van der Waals surface area contributed by atoms with Crippen LogP contribution in [0.5, 0.6) is 0 Å². The third kappa shape index (κ3) is 6.11. The standard InChI is InChI=1S/C12H22N2O4.ClH/c1-5-17-10(15)8-6-13-7-9(8)14-11(16)18-12(2,3)4;/h8-9,13H,5-7H2,1-4H3,(H,14,16);1H/t8-,9-;/m0./s1. The highest BCUT2D eigenvalue weighted by Gasteiger charge is 2.35. The normalized spacial score (nSPS) is 22.3. The number of hydrogen-bond donors (Lipinski definition) is 2. The number of hydrogen-bond acceptors (Lipinski definition) is 5. The fourth-order valence-electron chi connectivity index (χ4n) is 1.79. The number of carbonyl (C=O) groups is 2. The predicted molar refractivity (Wildman–Crippen MR) is 73.4 cm³/mol. The lowest BCUT2D eigenvalue weighted by Gasteiger charge is -2.23. The molecule has 2 atom stereocenters. The van der Waals surface area contributed by atoms with E-state index in [0.717, 1.165) is 0 Å². The summed E-state index contributed by atoms with van der Waals surface area (Å²) in [6, 6.07) is -0.279. The van der Waals surface area contributed by atoms with Crippen LogP contribution in [-0.2, 0) is 14.3 Å². The van der Waals surface area contributed by atoms with Gasteiger partial charge in [0.1, 0.15) is 5.60 Å². The number of alkyl carbamates (subject to hydrolysis) is 1. The summed E-state index contributed by atoms with van der Waals surface area (Å²) in [5.74, 6) is -0.638. The van der Waals surface area contributed by atoms with E-state index in [-0.39, 0.29) is 30.3 Å². The summed E-state index contributed by atoms with van der Waals surface area (Å²) in [6.45, 7) is 8.54. The number of halogens is 1. The van der Waals surface area contributed by atoms with Crippen molar-refractivity contribution < 1.29 is 19.1 Å². The molecule has 0 saturated carbocycles. The van der Waals surface area contributed by atoms with Gasteiger partial charge in [-0.1, -0.05) is 0 Å². The summed E-state index contributed by atoms with van der Waals surface area (Å²) in [5.41, 5.74) is -0.546. The molecule has 0 bridgehead atoms. The molecule has 1 aliphatic heterocycles. The van der Waals surface area contributed by atoms with Gasteiger partial charge in [-0.05, 0) is 27.7 Å². The maximum atomic E-state index is 11.7. The maximum absolute atomic E-state index is 11.7. The molecule has 1 rings (SSSR count). The molecule has 112 valence electrons. The highest BCUT2D eigenvalue weighted by Crippen LogP contribution is 2.13. The van der Waals surface area contributed by atoms with Gasteiger partial charge in [0.05, 0.1) is 18.6 Å². The Balaban J connectivity index is 0.00000324. The van der Waals surface area contributed by atoms with Gasteiger partial charge in [0, 0.05) is 13.1 Å². The first-order valence-corrected chi connectivity index (χ1v) is 6.20. The molecule has 6 nitrogen and oxygen atoms in total. The molecule has 7 heteroatoms. The summed E-state index contributed by atoms with van der Waals surface area (Å²) >= 11 is 0. The summed E-state index contributed by atoms with van der Waals surface area (Å²) in [6.07, 6.45) is -0.509. The maximum Gasteiger partial charge on any atom is 0.407 e. The fraction of sp³-hybridized carbons (Fsp3) is 0.833. The number of carbonyl (C=O) groups excluding carboxylic acids is 2. The van der Waals surface area contributed by atoms with Crippen molar-refractivity contribution >= 4 is 24.5 Å². The van der Waals surface area contributed by atoms with Crippen LogP contribution in [0.4, 0.5) is 4.79 Å². The molecule has 1 aliphatic rings. The quantitative estimate of drug-likeness (QED) is 0.762. The van der Waals surface area contributed by atoms with Crippen molar-refractivity contribution in [1.29, 1.82) is 0 Å². The highest BCUT2D eigenvalue weighted by atomic mass is 35.5. The summed E-state index contributed by atoms with van der Waals surface area (Å²) in [4.78, 5) is 23.3. The van der Waals surface area contributed by atoms with Crippen LogP contribution in [0.3, 0.4) is 0 Å². The molecule has 1 heterocycles. The Bertz CT molecular complexity index is 317. The third-order valence-electron chi connectivity index (χ3n) is 2.51. The molecule has 0 radical (unpaired) electrons. The van der Waals surface area contributed by atoms with Crippen LogP contribution in [0.1, 0.15) is 27.7 Å². The molecule has 0 aromatic carbocycles. The van der Waals surface area contributed by atoms with Gasteiger partial charge in [-0.25, -0.2) is 4.79 Å². The topological polar surface area (TPSA) is 76.7 Å². The average molecular weight is 295 g/mol. The van der Waals surface area contributed by atoms with Crippen LogP contribution in [0.15, 0.2) is 0 Å². The Morgan fingerprint density at radius 1 is 1.32 bits per heavy atom. The van der Waals surface area contributed by atoms with E-state index >= 15 is 0 Å². The lowest BCUT2D eigenvalue weighted by molar-refractivity contribution is -0.147. The number of nitrogens with one attached hydrogen (secondary N) is 2. The molecule has 2 N–H and O–H groups in total. The molecular formula is C12H23ClN2O4. The zero-order chi connectivity index (χ0) is 13.8. The van der Waals surface area contributed by atoms with E-state index in [1.54, 1.807) is 27.7 Å². The van der Waals surface area contributed by atoms with E-state index in [9.17, 15) is 9.59 Å². The molecular weight excluding hydrogens is 272 g/mol. The Morgan fingerprint density at radius 3 is 2.47 bits per heavy atom. The van der Waals surface area contributed by atoms with Gasteiger partial charge in [-0.3, -0.25) is 4.79 Å². The van der Waals surface area contributed by atoms with E-state index in [4.69, 9.17) is 9.47 Å². The first kappa shape index (κ1) is 18.0. The molecule has 19 heavy (non-hydrogen) atoms. The van der Waals surface area contributed by atoms with Gasteiger partial charge < -0.3 is 20.1 Å². The molecule has 0 unspecified atom stereocenters. The number of ether oxygens (including phenoxy) is 2. The van der Waals surface area contributed by atoms with Crippen molar-refractivity contribution in [2.24, 2.45) is 5.92 Å². The minimum Gasteiger partial charge on any atom is -0.466 e. The predicted octanol–water partition coefficient (Wildman–Crippen LogP) is 1.08. The van der Waals surface area contributed by atoms with Gasteiger partial charge >= 0.3 is 12.1 Å². The average Bonchev–Trinajstić information content (AvgIpc) is 2.62. The molecule has 1 fully saturated rings. The Kier molecular flexibility index (Phi) is 7.15. The number of esters is 1. The molecule has 0 aromatic heterocycles. The van der Waals surface area contributed by atoms with E-state index < -0.39 is 11.7 Å². The lowest BCUT2D eigenvalue weighted by Crippen LogP contribution is -2.45. The summed E-state index contributed by atoms with van der Waals surface area (Å²) in [5, 5.41) is 5.76. The molecule has 0 aromatic rings. The van der Waals surface area contributed by atoms with Crippen LogP contribution in [-0.4, -0.2) is 43.4 Å². The Hall–Kier alpha value is -1.01. The van der Waals surface area contributed by atoms with Crippen molar-refractivity contribution in [2.45, 2.75) is 39.3 Å². The zero-order valence-electron chi connectivity index (χ0n) is 11.8. The van der Waals surface area contributed by atoms with Crippen molar-refractivity contribution in [3.63, 3.8) is 0 Å².